The first-order valence-electron chi connectivity index (χ1n) is 4.76. The molecule has 0 unspecified atom stereocenters. The largest absolute Gasteiger partial charge is 0.390 e. The molecular formula is C11H12F2O. The van der Waals surface area contributed by atoms with Gasteiger partial charge in [0.25, 0.3) is 0 Å². The fourth-order valence-corrected chi connectivity index (χ4v) is 1.52. The first-order valence-corrected chi connectivity index (χ1v) is 4.76. The van der Waals surface area contributed by atoms with Crippen LogP contribution in [0.5, 0.6) is 0 Å². The van der Waals surface area contributed by atoms with Gasteiger partial charge in [0.15, 0.2) is 0 Å². The Morgan fingerprint density at radius 3 is 2.29 bits per heavy atom. The van der Waals surface area contributed by atoms with Crippen LogP contribution in [0, 0.1) is 11.6 Å². The fourth-order valence-electron chi connectivity index (χ4n) is 1.52. The Kier molecular flexibility index (Phi) is 2.27. The summed E-state index contributed by atoms with van der Waals surface area (Å²) in [5.41, 5.74) is -0.554. The number of hydrogen-bond acceptors (Lipinski definition) is 1. The van der Waals surface area contributed by atoms with Gasteiger partial charge in [-0.05, 0) is 37.8 Å². The fraction of sp³-hybridized carbons (Fsp3) is 0.455. The first-order chi connectivity index (χ1) is 6.61. The summed E-state index contributed by atoms with van der Waals surface area (Å²) in [5.74, 6) is -1.04. The van der Waals surface area contributed by atoms with Crippen molar-refractivity contribution in [3.8, 4) is 0 Å². The van der Waals surface area contributed by atoms with Crippen LogP contribution in [-0.4, -0.2) is 10.7 Å². The highest BCUT2D eigenvalue weighted by molar-refractivity contribution is 5.20. The van der Waals surface area contributed by atoms with E-state index >= 15 is 0 Å². The van der Waals surface area contributed by atoms with Crippen LogP contribution < -0.4 is 0 Å². The molecule has 1 aliphatic carbocycles. The summed E-state index contributed by atoms with van der Waals surface area (Å²) >= 11 is 0. The van der Waals surface area contributed by atoms with Gasteiger partial charge in [0.1, 0.15) is 11.6 Å². The van der Waals surface area contributed by atoms with Gasteiger partial charge in [-0.2, -0.15) is 0 Å². The molecule has 76 valence electrons. The van der Waals surface area contributed by atoms with E-state index in [1.165, 1.54) is 18.2 Å². The third kappa shape index (κ3) is 1.93. The van der Waals surface area contributed by atoms with E-state index in [2.05, 4.69) is 0 Å². The smallest absolute Gasteiger partial charge is 0.129 e. The van der Waals surface area contributed by atoms with Crippen LogP contribution in [0.15, 0.2) is 18.2 Å². The second kappa shape index (κ2) is 3.31. The number of aliphatic hydroxyl groups is 1. The molecule has 0 amide bonds. The lowest BCUT2D eigenvalue weighted by molar-refractivity contribution is 0.140. The van der Waals surface area contributed by atoms with Crippen LogP contribution in [-0.2, 0) is 6.42 Å². The molecule has 0 radical (unpaired) electrons. The Balaban J connectivity index is 2.08. The minimum absolute atomic E-state index is 0.0906. The normalized spacial score (nSPS) is 18.2. The van der Waals surface area contributed by atoms with Crippen molar-refractivity contribution >= 4 is 0 Å². The predicted octanol–water partition coefficient (Wildman–Crippen LogP) is 2.42. The summed E-state index contributed by atoms with van der Waals surface area (Å²) in [7, 11) is 0. The molecule has 0 aliphatic heterocycles. The Morgan fingerprint density at radius 2 is 1.79 bits per heavy atom. The van der Waals surface area contributed by atoms with Gasteiger partial charge in [-0.1, -0.05) is 6.07 Å². The molecule has 1 saturated carbocycles. The minimum Gasteiger partial charge on any atom is -0.390 e. The third-order valence-electron chi connectivity index (χ3n) is 2.73. The summed E-state index contributed by atoms with van der Waals surface area (Å²) in [5, 5.41) is 9.53. The first kappa shape index (κ1) is 9.59. The van der Waals surface area contributed by atoms with E-state index in [1.807, 2.05) is 0 Å². The van der Waals surface area contributed by atoms with Gasteiger partial charge in [-0.15, -0.1) is 0 Å². The lowest BCUT2D eigenvalue weighted by atomic mass is 10.0. The van der Waals surface area contributed by atoms with Crippen LogP contribution in [0.3, 0.4) is 0 Å². The van der Waals surface area contributed by atoms with Crippen molar-refractivity contribution in [3.05, 3.63) is 35.4 Å². The Bertz CT molecular complexity index is 325. The summed E-state index contributed by atoms with van der Waals surface area (Å²) < 4.78 is 26.2. The Labute approximate surface area is 81.4 Å². The van der Waals surface area contributed by atoms with Crippen LogP contribution in [0.4, 0.5) is 8.78 Å². The molecule has 1 N–H and O–H groups in total. The number of hydrogen-bond donors (Lipinski definition) is 1. The molecule has 0 saturated heterocycles. The van der Waals surface area contributed by atoms with Gasteiger partial charge in [0.2, 0.25) is 0 Å². The van der Waals surface area contributed by atoms with Crippen molar-refractivity contribution in [2.45, 2.75) is 31.3 Å². The molecule has 0 bridgehead atoms. The van der Waals surface area contributed by atoms with E-state index in [9.17, 15) is 13.9 Å². The molecule has 0 atom stereocenters. The minimum atomic E-state index is -0.644. The molecule has 0 spiro atoms. The van der Waals surface area contributed by atoms with Gasteiger partial charge in [0.05, 0.1) is 5.60 Å². The molecular weight excluding hydrogens is 186 g/mol. The molecule has 1 aliphatic rings. The monoisotopic (exact) mass is 198 g/mol. The summed E-state index contributed by atoms with van der Waals surface area (Å²) in [6, 6.07) is 3.84. The zero-order valence-electron chi connectivity index (χ0n) is 7.76. The second-order valence-corrected chi connectivity index (χ2v) is 3.92. The maximum atomic E-state index is 13.1. The number of benzene rings is 1. The molecule has 1 aromatic carbocycles. The Hall–Kier alpha value is -0.960. The predicted molar refractivity (Wildman–Crippen MR) is 48.9 cm³/mol. The van der Waals surface area contributed by atoms with Crippen molar-refractivity contribution in [1.82, 2.24) is 0 Å². The van der Waals surface area contributed by atoms with E-state index in [-0.39, 0.29) is 12.0 Å². The van der Waals surface area contributed by atoms with E-state index < -0.39 is 17.2 Å². The van der Waals surface area contributed by atoms with Crippen LogP contribution in [0.1, 0.15) is 24.8 Å². The molecule has 3 heteroatoms. The van der Waals surface area contributed by atoms with Crippen molar-refractivity contribution in [2.24, 2.45) is 0 Å². The molecule has 0 heterocycles. The lowest BCUT2D eigenvalue weighted by Crippen LogP contribution is -2.09. The quantitative estimate of drug-likeness (QED) is 0.790. The third-order valence-corrected chi connectivity index (χ3v) is 2.73. The van der Waals surface area contributed by atoms with E-state index in [1.54, 1.807) is 0 Å². The molecule has 2 rings (SSSR count). The van der Waals surface area contributed by atoms with Crippen molar-refractivity contribution in [3.63, 3.8) is 0 Å². The summed E-state index contributed by atoms with van der Waals surface area (Å²) in [6.07, 6.45) is 2.23. The highest BCUT2D eigenvalue weighted by atomic mass is 19.1. The standard InChI is InChI=1S/C11H12F2O/c12-9-2-1-3-10(13)8(9)4-5-11(14)6-7-11/h1-3,14H,4-7H2. The maximum absolute atomic E-state index is 13.1. The summed E-state index contributed by atoms with van der Waals surface area (Å²) in [6.45, 7) is 0. The topological polar surface area (TPSA) is 20.2 Å². The molecule has 0 aromatic heterocycles. The van der Waals surface area contributed by atoms with Crippen molar-refractivity contribution in [2.75, 3.05) is 0 Å². The van der Waals surface area contributed by atoms with Crippen molar-refractivity contribution in [1.29, 1.82) is 0 Å². The molecule has 1 aromatic rings. The maximum Gasteiger partial charge on any atom is 0.129 e. The van der Waals surface area contributed by atoms with Crippen molar-refractivity contribution < 1.29 is 13.9 Å². The van der Waals surface area contributed by atoms with Gasteiger partial charge in [0, 0.05) is 5.56 Å². The highest BCUT2D eigenvalue weighted by Crippen LogP contribution is 2.39. The molecule has 1 fully saturated rings. The van der Waals surface area contributed by atoms with Gasteiger partial charge in [-0.25, -0.2) is 8.78 Å². The zero-order valence-corrected chi connectivity index (χ0v) is 7.76. The van der Waals surface area contributed by atoms with E-state index in [0.717, 1.165) is 12.8 Å². The van der Waals surface area contributed by atoms with Gasteiger partial charge >= 0.3 is 0 Å². The van der Waals surface area contributed by atoms with Crippen LogP contribution in [0.25, 0.3) is 0 Å². The highest BCUT2D eigenvalue weighted by Gasteiger charge is 2.39. The number of halogens is 2. The van der Waals surface area contributed by atoms with Crippen LogP contribution in [0.2, 0.25) is 0 Å². The summed E-state index contributed by atoms with van der Waals surface area (Å²) in [4.78, 5) is 0. The average molecular weight is 198 g/mol. The second-order valence-electron chi connectivity index (χ2n) is 3.92. The molecule has 14 heavy (non-hydrogen) atoms. The van der Waals surface area contributed by atoms with Gasteiger partial charge < -0.3 is 5.11 Å². The van der Waals surface area contributed by atoms with E-state index in [0.29, 0.717) is 6.42 Å². The van der Waals surface area contributed by atoms with Gasteiger partial charge in [-0.3, -0.25) is 0 Å². The lowest BCUT2D eigenvalue weighted by Gasteiger charge is -2.08. The zero-order chi connectivity index (χ0) is 10.2. The Morgan fingerprint density at radius 1 is 1.21 bits per heavy atom. The SMILES string of the molecule is OC1(CCc2c(F)cccc2F)CC1. The average Bonchev–Trinajstić information content (AvgIpc) is 2.83. The molecule has 1 nitrogen and oxygen atoms in total. The van der Waals surface area contributed by atoms with Crippen LogP contribution >= 0.6 is 0 Å². The van der Waals surface area contributed by atoms with E-state index in [4.69, 9.17) is 0 Å². The number of rotatable bonds is 3.